The number of hydrogen-bond donors (Lipinski definition) is 1. The Labute approximate surface area is 130 Å². The molecule has 118 valence electrons. The molecular formula is C16H21N3O3. The second kappa shape index (κ2) is 5.68. The van der Waals surface area contributed by atoms with Crippen molar-refractivity contribution in [2.45, 2.75) is 18.9 Å². The van der Waals surface area contributed by atoms with Gasteiger partial charge in [0.1, 0.15) is 13.2 Å². The summed E-state index contributed by atoms with van der Waals surface area (Å²) in [7, 11) is 0. The molecule has 4 rings (SSSR count). The molecule has 0 aromatic heterocycles. The van der Waals surface area contributed by atoms with Gasteiger partial charge in [0.15, 0.2) is 11.5 Å². The number of piperazine rings is 1. The van der Waals surface area contributed by atoms with Crippen molar-refractivity contribution in [3.8, 4) is 11.5 Å². The van der Waals surface area contributed by atoms with Crippen molar-refractivity contribution in [3.63, 3.8) is 0 Å². The Hall–Kier alpha value is -1.95. The van der Waals surface area contributed by atoms with Gasteiger partial charge in [0.25, 0.3) is 0 Å². The van der Waals surface area contributed by atoms with Crippen LogP contribution in [0.25, 0.3) is 0 Å². The second-order valence-corrected chi connectivity index (χ2v) is 6.04. The molecule has 2 heterocycles. The van der Waals surface area contributed by atoms with Crippen LogP contribution in [0.5, 0.6) is 11.5 Å². The monoisotopic (exact) mass is 303 g/mol. The van der Waals surface area contributed by atoms with Crippen molar-refractivity contribution in [1.29, 1.82) is 0 Å². The topological polar surface area (TPSA) is 54.0 Å². The van der Waals surface area contributed by atoms with E-state index in [1.165, 1.54) is 12.8 Å². The largest absolute Gasteiger partial charge is 0.486 e. The van der Waals surface area contributed by atoms with E-state index >= 15 is 0 Å². The highest BCUT2D eigenvalue weighted by Crippen LogP contribution is 2.32. The fraction of sp³-hybridized carbons (Fsp3) is 0.562. The van der Waals surface area contributed by atoms with E-state index in [0.717, 1.165) is 43.7 Å². The van der Waals surface area contributed by atoms with Crippen molar-refractivity contribution in [2.24, 2.45) is 0 Å². The zero-order chi connectivity index (χ0) is 14.9. The minimum absolute atomic E-state index is 0.0351. The fourth-order valence-corrected chi connectivity index (χ4v) is 3.05. The van der Waals surface area contributed by atoms with Crippen LogP contribution in [0.3, 0.4) is 0 Å². The van der Waals surface area contributed by atoms with Crippen LogP contribution in [0, 0.1) is 0 Å². The number of benzene rings is 1. The number of nitrogens with one attached hydrogen (secondary N) is 1. The zero-order valence-corrected chi connectivity index (χ0v) is 12.6. The molecule has 0 radical (unpaired) electrons. The molecule has 1 N–H and O–H groups in total. The smallest absolute Gasteiger partial charge is 0.321 e. The number of fused-ring (bicyclic) bond motifs is 1. The Morgan fingerprint density at radius 1 is 1.05 bits per heavy atom. The van der Waals surface area contributed by atoms with Gasteiger partial charge in [-0.25, -0.2) is 4.79 Å². The van der Waals surface area contributed by atoms with Gasteiger partial charge in [-0.15, -0.1) is 0 Å². The Morgan fingerprint density at radius 3 is 2.50 bits per heavy atom. The van der Waals surface area contributed by atoms with Gasteiger partial charge >= 0.3 is 6.03 Å². The summed E-state index contributed by atoms with van der Waals surface area (Å²) in [6.45, 7) is 4.69. The van der Waals surface area contributed by atoms with E-state index in [2.05, 4.69) is 10.2 Å². The number of rotatable bonds is 2. The molecule has 1 saturated carbocycles. The maximum absolute atomic E-state index is 12.4. The van der Waals surface area contributed by atoms with E-state index < -0.39 is 0 Å². The molecule has 0 atom stereocenters. The summed E-state index contributed by atoms with van der Waals surface area (Å²) in [4.78, 5) is 16.7. The van der Waals surface area contributed by atoms with E-state index in [0.29, 0.717) is 19.0 Å². The van der Waals surface area contributed by atoms with E-state index in [4.69, 9.17) is 9.47 Å². The standard InChI is InChI=1S/C16H21N3O3/c20-16(19-7-5-18(6-8-19)13-2-3-13)17-12-1-4-14-15(11-12)22-10-9-21-14/h1,4,11,13H,2-3,5-10H2,(H,17,20). The highest BCUT2D eigenvalue weighted by Gasteiger charge is 2.32. The molecule has 2 aliphatic heterocycles. The fourth-order valence-electron chi connectivity index (χ4n) is 3.05. The molecule has 1 aromatic rings. The quantitative estimate of drug-likeness (QED) is 0.905. The molecule has 6 nitrogen and oxygen atoms in total. The van der Waals surface area contributed by atoms with Crippen LogP contribution in [0.4, 0.5) is 10.5 Å². The van der Waals surface area contributed by atoms with Gasteiger partial charge in [-0.2, -0.15) is 0 Å². The summed E-state index contributed by atoms with van der Waals surface area (Å²) in [5, 5.41) is 2.95. The van der Waals surface area contributed by atoms with E-state index in [-0.39, 0.29) is 6.03 Å². The van der Waals surface area contributed by atoms with Crippen LogP contribution in [0.2, 0.25) is 0 Å². The molecule has 3 aliphatic rings. The lowest BCUT2D eigenvalue weighted by atomic mass is 10.2. The molecule has 1 aromatic carbocycles. The van der Waals surface area contributed by atoms with Gasteiger partial charge in [0, 0.05) is 44.0 Å². The summed E-state index contributed by atoms with van der Waals surface area (Å²) in [6, 6.07) is 6.27. The molecule has 0 bridgehead atoms. The highest BCUT2D eigenvalue weighted by molar-refractivity contribution is 5.89. The number of carbonyl (C=O) groups is 1. The summed E-state index contributed by atoms with van der Waals surface area (Å²) in [5.41, 5.74) is 0.749. The van der Waals surface area contributed by atoms with Crippen LogP contribution >= 0.6 is 0 Å². The van der Waals surface area contributed by atoms with Crippen LogP contribution in [-0.4, -0.2) is 61.3 Å². The third-order valence-corrected chi connectivity index (χ3v) is 4.46. The molecule has 1 aliphatic carbocycles. The van der Waals surface area contributed by atoms with Crippen LogP contribution in [0.15, 0.2) is 18.2 Å². The molecule has 1 saturated heterocycles. The predicted octanol–water partition coefficient (Wildman–Crippen LogP) is 1.77. The number of carbonyl (C=O) groups excluding carboxylic acids is 1. The lowest BCUT2D eigenvalue weighted by Gasteiger charge is -2.34. The van der Waals surface area contributed by atoms with Crippen LogP contribution < -0.4 is 14.8 Å². The van der Waals surface area contributed by atoms with Gasteiger partial charge in [0.05, 0.1) is 0 Å². The average Bonchev–Trinajstić information content (AvgIpc) is 3.40. The first-order chi connectivity index (χ1) is 10.8. The normalized spacial score (nSPS) is 21.5. The molecule has 0 spiro atoms. The first-order valence-electron chi connectivity index (χ1n) is 7.99. The van der Waals surface area contributed by atoms with Crippen LogP contribution in [-0.2, 0) is 0 Å². The first-order valence-corrected chi connectivity index (χ1v) is 7.99. The second-order valence-electron chi connectivity index (χ2n) is 6.04. The zero-order valence-electron chi connectivity index (χ0n) is 12.6. The van der Waals surface area contributed by atoms with Gasteiger partial charge < -0.3 is 19.7 Å². The predicted molar refractivity (Wildman–Crippen MR) is 82.6 cm³/mol. The third-order valence-electron chi connectivity index (χ3n) is 4.46. The average molecular weight is 303 g/mol. The van der Waals surface area contributed by atoms with Crippen molar-refractivity contribution >= 4 is 11.7 Å². The lowest BCUT2D eigenvalue weighted by Crippen LogP contribution is -2.50. The van der Waals surface area contributed by atoms with Crippen molar-refractivity contribution in [1.82, 2.24) is 9.80 Å². The Bertz CT molecular complexity index is 566. The molecular weight excluding hydrogens is 282 g/mol. The van der Waals surface area contributed by atoms with E-state index in [1.54, 1.807) is 0 Å². The van der Waals surface area contributed by atoms with Crippen molar-refractivity contribution in [3.05, 3.63) is 18.2 Å². The minimum Gasteiger partial charge on any atom is -0.486 e. The minimum atomic E-state index is -0.0351. The molecule has 2 fully saturated rings. The van der Waals surface area contributed by atoms with E-state index in [1.807, 2.05) is 23.1 Å². The number of ether oxygens (including phenoxy) is 2. The molecule has 22 heavy (non-hydrogen) atoms. The molecule has 6 heteroatoms. The lowest BCUT2D eigenvalue weighted by molar-refractivity contribution is 0.142. The maximum atomic E-state index is 12.4. The van der Waals surface area contributed by atoms with Crippen LogP contribution in [0.1, 0.15) is 12.8 Å². The Balaban J connectivity index is 1.35. The third kappa shape index (κ3) is 2.83. The van der Waals surface area contributed by atoms with Gasteiger partial charge in [-0.1, -0.05) is 0 Å². The van der Waals surface area contributed by atoms with Gasteiger partial charge in [0.2, 0.25) is 0 Å². The summed E-state index contributed by atoms with van der Waals surface area (Å²) in [5.74, 6) is 1.44. The highest BCUT2D eigenvalue weighted by atomic mass is 16.6. The van der Waals surface area contributed by atoms with Gasteiger partial charge in [-0.3, -0.25) is 4.90 Å². The number of hydrogen-bond acceptors (Lipinski definition) is 4. The summed E-state index contributed by atoms with van der Waals surface area (Å²) < 4.78 is 11.0. The summed E-state index contributed by atoms with van der Waals surface area (Å²) in [6.07, 6.45) is 2.65. The number of amides is 2. The van der Waals surface area contributed by atoms with Gasteiger partial charge in [-0.05, 0) is 25.0 Å². The van der Waals surface area contributed by atoms with Crippen molar-refractivity contribution in [2.75, 3.05) is 44.7 Å². The number of nitrogens with zero attached hydrogens (tertiary/aromatic N) is 2. The SMILES string of the molecule is O=C(Nc1ccc2c(c1)OCCO2)N1CCN(C2CC2)CC1. The number of anilines is 1. The molecule has 2 amide bonds. The Morgan fingerprint density at radius 2 is 1.77 bits per heavy atom. The maximum Gasteiger partial charge on any atom is 0.321 e. The molecule has 0 unspecified atom stereocenters. The number of urea groups is 1. The van der Waals surface area contributed by atoms with E-state index in [9.17, 15) is 4.79 Å². The Kier molecular flexibility index (Phi) is 3.54. The van der Waals surface area contributed by atoms with Crippen molar-refractivity contribution < 1.29 is 14.3 Å². The first kappa shape index (κ1) is 13.7. The summed E-state index contributed by atoms with van der Waals surface area (Å²) >= 11 is 0.